The first-order chi connectivity index (χ1) is 5.50. The summed E-state index contributed by atoms with van der Waals surface area (Å²) in [5.41, 5.74) is 0. The van der Waals surface area contributed by atoms with Gasteiger partial charge in [-0.3, -0.25) is 0 Å². The summed E-state index contributed by atoms with van der Waals surface area (Å²) in [6.45, 7) is 0. The van der Waals surface area contributed by atoms with Gasteiger partial charge >= 0.3 is 6.18 Å². The summed E-state index contributed by atoms with van der Waals surface area (Å²) in [7, 11) is 0. The van der Waals surface area contributed by atoms with Crippen molar-refractivity contribution >= 4 is 0 Å². The van der Waals surface area contributed by atoms with Crippen molar-refractivity contribution in [3.05, 3.63) is 0 Å². The lowest BCUT2D eigenvalue weighted by atomic mass is 9.99. The molecule has 1 N–H and O–H groups in total. The van der Waals surface area contributed by atoms with Gasteiger partial charge < -0.3 is 5.11 Å². The van der Waals surface area contributed by atoms with E-state index in [1.165, 1.54) is 0 Å². The van der Waals surface area contributed by atoms with Gasteiger partial charge in [0.25, 0.3) is 0 Å². The number of halogens is 3. The molecular weight excluding hydrogens is 169 g/mol. The van der Waals surface area contributed by atoms with Crippen molar-refractivity contribution < 1.29 is 18.3 Å². The zero-order valence-corrected chi connectivity index (χ0v) is 6.77. The van der Waals surface area contributed by atoms with Gasteiger partial charge in [-0.25, -0.2) is 0 Å². The molecule has 1 aliphatic rings. The molecule has 0 bridgehead atoms. The van der Waals surface area contributed by atoms with Crippen LogP contribution in [0, 0.1) is 5.92 Å². The lowest BCUT2D eigenvalue weighted by Crippen LogP contribution is -2.25. The number of aliphatic hydroxyl groups excluding tert-OH is 1. The summed E-state index contributed by atoms with van der Waals surface area (Å²) in [4.78, 5) is 0. The first kappa shape index (κ1) is 9.84. The van der Waals surface area contributed by atoms with Crippen molar-refractivity contribution in [2.75, 3.05) is 0 Å². The van der Waals surface area contributed by atoms with Crippen molar-refractivity contribution in [2.24, 2.45) is 5.92 Å². The highest BCUT2D eigenvalue weighted by Crippen LogP contribution is 2.36. The van der Waals surface area contributed by atoms with E-state index < -0.39 is 18.2 Å². The molecule has 0 aromatic heterocycles. The molecular formula is C8H13F3O. The van der Waals surface area contributed by atoms with Crippen molar-refractivity contribution in [1.82, 2.24) is 0 Å². The average Bonchev–Trinajstić information content (AvgIpc) is 2.11. The Morgan fingerprint density at radius 3 is 2.25 bits per heavy atom. The Labute approximate surface area is 69.6 Å². The SMILES string of the molecule is O[C@@H]1CCCC[C@@H](C(F)(F)F)C1. The standard InChI is InChI=1S/C8H13F3O/c9-8(10,11)6-3-1-2-4-7(12)5-6/h6-7,12H,1-5H2/t6-,7-/m1/s1. The van der Waals surface area contributed by atoms with Gasteiger partial charge in [0.05, 0.1) is 12.0 Å². The molecule has 12 heavy (non-hydrogen) atoms. The molecule has 1 rings (SSSR count). The van der Waals surface area contributed by atoms with E-state index in [-0.39, 0.29) is 12.8 Å². The largest absolute Gasteiger partial charge is 0.393 e. The zero-order chi connectivity index (χ0) is 9.19. The number of hydrogen-bond donors (Lipinski definition) is 1. The molecule has 0 saturated heterocycles. The highest BCUT2D eigenvalue weighted by atomic mass is 19.4. The molecule has 0 unspecified atom stereocenters. The van der Waals surface area contributed by atoms with Gasteiger partial charge in [0, 0.05) is 0 Å². The van der Waals surface area contributed by atoms with Gasteiger partial charge in [0.2, 0.25) is 0 Å². The molecule has 72 valence electrons. The summed E-state index contributed by atoms with van der Waals surface area (Å²) < 4.78 is 36.6. The average molecular weight is 182 g/mol. The summed E-state index contributed by atoms with van der Waals surface area (Å²) >= 11 is 0. The minimum atomic E-state index is -4.12. The van der Waals surface area contributed by atoms with E-state index in [4.69, 9.17) is 5.11 Å². The molecule has 0 aliphatic heterocycles. The van der Waals surface area contributed by atoms with E-state index in [0.717, 1.165) is 0 Å². The van der Waals surface area contributed by atoms with Gasteiger partial charge in [0.1, 0.15) is 0 Å². The zero-order valence-electron chi connectivity index (χ0n) is 6.77. The Morgan fingerprint density at radius 1 is 1.08 bits per heavy atom. The van der Waals surface area contributed by atoms with Crippen LogP contribution in [0.1, 0.15) is 32.1 Å². The lowest BCUT2D eigenvalue weighted by molar-refractivity contribution is -0.182. The van der Waals surface area contributed by atoms with Crippen LogP contribution in [0.15, 0.2) is 0 Å². The Kier molecular flexibility index (Phi) is 2.99. The van der Waals surface area contributed by atoms with E-state index in [9.17, 15) is 13.2 Å². The molecule has 1 fully saturated rings. The topological polar surface area (TPSA) is 20.2 Å². The van der Waals surface area contributed by atoms with Crippen LogP contribution in [0.3, 0.4) is 0 Å². The predicted molar refractivity (Wildman–Crippen MR) is 38.6 cm³/mol. The highest BCUT2D eigenvalue weighted by Gasteiger charge is 2.40. The van der Waals surface area contributed by atoms with E-state index in [0.29, 0.717) is 19.3 Å². The van der Waals surface area contributed by atoms with Gasteiger partial charge in [-0.2, -0.15) is 13.2 Å². The predicted octanol–water partition coefficient (Wildman–Crippen LogP) is 2.49. The maximum Gasteiger partial charge on any atom is 0.391 e. The van der Waals surface area contributed by atoms with Crippen molar-refractivity contribution in [3.8, 4) is 0 Å². The summed E-state index contributed by atoms with van der Waals surface area (Å²) in [5.74, 6) is -1.28. The number of rotatable bonds is 0. The third-order valence-corrected chi connectivity index (χ3v) is 2.36. The van der Waals surface area contributed by atoms with Crippen LogP contribution < -0.4 is 0 Å². The second-order valence-corrected chi connectivity index (χ2v) is 3.41. The number of alkyl halides is 3. The Bertz CT molecular complexity index is 144. The third-order valence-electron chi connectivity index (χ3n) is 2.36. The fourth-order valence-electron chi connectivity index (χ4n) is 1.63. The third kappa shape index (κ3) is 2.66. The fraction of sp³-hybridized carbons (Fsp3) is 1.00. The minimum Gasteiger partial charge on any atom is -0.393 e. The smallest absolute Gasteiger partial charge is 0.391 e. The van der Waals surface area contributed by atoms with Crippen LogP contribution in [0.25, 0.3) is 0 Å². The molecule has 4 heteroatoms. The van der Waals surface area contributed by atoms with Crippen LogP contribution in [0.4, 0.5) is 13.2 Å². The van der Waals surface area contributed by atoms with E-state index >= 15 is 0 Å². The lowest BCUT2D eigenvalue weighted by Gasteiger charge is -2.19. The molecule has 1 aliphatic carbocycles. The van der Waals surface area contributed by atoms with Crippen molar-refractivity contribution in [3.63, 3.8) is 0 Å². The van der Waals surface area contributed by atoms with E-state index in [1.807, 2.05) is 0 Å². The van der Waals surface area contributed by atoms with Crippen LogP contribution in [-0.4, -0.2) is 17.4 Å². The molecule has 1 saturated carbocycles. The van der Waals surface area contributed by atoms with E-state index in [2.05, 4.69) is 0 Å². The Balaban J connectivity index is 2.52. The molecule has 0 heterocycles. The van der Waals surface area contributed by atoms with E-state index in [1.54, 1.807) is 0 Å². The normalized spacial score (nSPS) is 33.0. The second kappa shape index (κ2) is 3.64. The monoisotopic (exact) mass is 182 g/mol. The molecule has 0 aromatic rings. The highest BCUT2D eigenvalue weighted by molar-refractivity contribution is 4.75. The van der Waals surface area contributed by atoms with Crippen LogP contribution in [-0.2, 0) is 0 Å². The first-order valence-electron chi connectivity index (χ1n) is 4.25. The van der Waals surface area contributed by atoms with Gasteiger partial charge in [-0.15, -0.1) is 0 Å². The minimum absolute atomic E-state index is 0.108. The number of aliphatic hydroxyl groups is 1. The van der Waals surface area contributed by atoms with Crippen molar-refractivity contribution in [2.45, 2.75) is 44.4 Å². The quantitative estimate of drug-likeness (QED) is 0.570. The molecule has 0 spiro atoms. The van der Waals surface area contributed by atoms with Gasteiger partial charge in [-0.05, 0) is 19.3 Å². The number of hydrogen-bond acceptors (Lipinski definition) is 1. The first-order valence-corrected chi connectivity index (χ1v) is 4.25. The van der Waals surface area contributed by atoms with Crippen molar-refractivity contribution in [1.29, 1.82) is 0 Å². The second-order valence-electron chi connectivity index (χ2n) is 3.41. The molecule has 0 radical (unpaired) electrons. The maximum absolute atomic E-state index is 12.2. The van der Waals surface area contributed by atoms with Crippen LogP contribution >= 0.6 is 0 Å². The van der Waals surface area contributed by atoms with Crippen LogP contribution in [0.5, 0.6) is 0 Å². The van der Waals surface area contributed by atoms with Crippen LogP contribution in [0.2, 0.25) is 0 Å². The van der Waals surface area contributed by atoms with Gasteiger partial charge in [0.15, 0.2) is 0 Å². The Hall–Kier alpha value is -0.250. The maximum atomic E-state index is 12.2. The molecule has 0 amide bonds. The van der Waals surface area contributed by atoms with Gasteiger partial charge in [-0.1, -0.05) is 12.8 Å². The molecule has 0 aromatic carbocycles. The summed E-state index contributed by atoms with van der Waals surface area (Å²) in [6, 6.07) is 0. The molecule has 2 atom stereocenters. The summed E-state index contributed by atoms with van der Waals surface area (Å²) in [5, 5.41) is 9.12. The molecule has 1 nitrogen and oxygen atoms in total. The Morgan fingerprint density at radius 2 is 1.67 bits per heavy atom. The summed E-state index contributed by atoms with van der Waals surface area (Å²) in [6.07, 6.45) is -2.98. The fourth-order valence-corrected chi connectivity index (χ4v) is 1.63.